The average Bonchev–Trinajstić information content (AvgIpc) is 2.86. The molecule has 0 aliphatic rings. The Morgan fingerprint density at radius 1 is 1.29 bits per heavy atom. The SMILES string of the molecule is CC(=O)CCCSc1nnc(Nc2ccc(C)c(C)c2)s1. The highest BCUT2D eigenvalue weighted by Gasteiger charge is 2.06. The van der Waals surface area contributed by atoms with Gasteiger partial charge in [-0.3, -0.25) is 0 Å². The van der Waals surface area contributed by atoms with E-state index >= 15 is 0 Å². The number of benzene rings is 1. The van der Waals surface area contributed by atoms with E-state index < -0.39 is 0 Å². The Labute approximate surface area is 133 Å². The van der Waals surface area contributed by atoms with Crippen LogP contribution in [0.5, 0.6) is 0 Å². The van der Waals surface area contributed by atoms with E-state index in [0.29, 0.717) is 6.42 Å². The highest BCUT2D eigenvalue weighted by atomic mass is 32.2. The van der Waals surface area contributed by atoms with Gasteiger partial charge in [0.05, 0.1) is 0 Å². The first kappa shape index (κ1) is 16.0. The number of ketones is 1. The summed E-state index contributed by atoms with van der Waals surface area (Å²) >= 11 is 3.19. The zero-order chi connectivity index (χ0) is 15.2. The van der Waals surface area contributed by atoms with Crippen molar-refractivity contribution in [2.45, 2.75) is 38.0 Å². The molecule has 0 aliphatic heterocycles. The maximum absolute atomic E-state index is 10.9. The first-order valence-corrected chi connectivity index (χ1v) is 8.65. The summed E-state index contributed by atoms with van der Waals surface area (Å²) in [5.74, 6) is 1.14. The Hall–Kier alpha value is -1.40. The first-order valence-electron chi connectivity index (χ1n) is 6.84. The summed E-state index contributed by atoms with van der Waals surface area (Å²) in [4.78, 5) is 10.9. The first-order chi connectivity index (χ1) is 10.0. The fraction of sp³-hybridized carbons (Fsp3) is 0.400. The van der Waals surface area contributed by atoms with Gasteiger partial charge >= 0.3 is 0 Å². The van der Waals surface area contributed by atoms with Crippen LogP contribution in [0.3, 0.4) is 0 Å². The highest BCUT2D eigenvalue weighted by Crippen LogP contribution is 2.28. The van der Waals surface area contributed by atoms with Gasteiger partial charge in [0.25, 0.3) is 0 Å². The van der Waals surface area contributed by atoms with Crippen molar-refractivity contribution in [3.8, 4) is 0 Å². The normalized spacial score (nSPS) is 10.6. The minimum Gasteiger partial charge on any atom is -0.330 e. The molecular formula is C15H19N3OS2. The highest BCUT2D eigenvalue weighted by molar-refractivity contribution is 8.01. The number of aromatic nitrogens is 2. The predicted molar refractivity (Wildman–Crippen MR) is 89.7 cm³/mol. The van der Waals surface area contributed by atoms with Gasteiger partial charge < -0.3 is 10.1 Å². The molecule has 0 radical (unpaired) electrons. The van der Waals surface area contributed by atoms with E-state index in [2.05, 4.69) is 41.5 Å². The van der Waals surface area contributed by atoms with Crippen LogP contribution in [-0.4, -0.2) is 21.7 Å². The van der Waals surface area contributed by atoms with Crippen molar-refractivity contribution in [2.75, 3.05) is 11.1 Å². The van der Waals surface area contributed by atoms with Gasteiger partial charge in [-0.25, -0.2) is 0 Å². The quantitative estimate of drug-likeness (QED) is 0.606. The average molecular weight is 321 g/mol. The van der Waals surface area contributed by atoms with Crippen LogP contribution in [0.2, 0.25) is 0 Å². The molecule has 1 heterocycles. The van der Waals surface area contributed by atoms with Crippen LogP contribution in [0, 0.1) is 13.8 Å². The summed E-state index contributed by atoms with van der Waals surface area (Å²) in [5.41, 5.74) is 3.56. The predicted octanol–water partition coefficient (Wildman–Crippen LogP) is 4.36. The maximum Gasteiger partial charge on any atom is 0.210 e. The van der Waals surface area contributed by atoms with E-state index in [1.165, 1.54) is 11.1 Å². The maximum atomic E-state index is 10.9. The van der Waals surface area contributed by atoms with Gasteiger partial charge in [-0.05, 0) is 50.5 Å². The molecule has 0 atom stereocenters. The van der Waals surface area contributed by atoms with Gasteiger partial charge in [-0.2, -0.15) is 0 Å². The van der Waals surface area contributed by atoms with Crippen LogP contribution >= 0.6 is 23.1 Å². The van der Waals surface area contributed by atoms with Gasteiger partial charge in [0, 0.05) is 17.9 Å². The number of thioether (sulfide) groups is 1. The third kappa shape index (κ3) is 5.13. The summed E-state index contributed by atoms with van der Waals surface area (Å²) in [6, 6.07) is 6.25. The minimum atomic E-state index is 0.241. The molecule has 1 aromatic heterocycles. The number of nitrogens with one attached hydrogen (secondary N) is 1. The Morgan fingerprint density at radius 2 is 2.10 bits per heavy atom. The monoisotopic (exact) mass is 321 g/mol. The molecule has 2 aromatic rings. The number of rotatable bonds is 7. The largest absolute Gasteiger partial charge is 0.330 e. The molecule has 0 spiro atoms. The molecule has 112 valence electrons. The van der Waals surface area contributed by atoms with Crippen LogP contribution in [0.25, 0.3) is 0 Å². The van der Waals surface area contributed by atoms with E-state index in [0.717, 1.165) is 27.3 Å². The Kier molecular flexibility index (Phi) is 5.76. The second-order valence-electron chi connectivity index (χ2n) is 4.95. The lowest BCUT2D eigenvalue weighted by molar-refractivity contribution is -0.117. The number of nitrogens with zero attached hydrogens (tertiary/aromatic N) is 2. The molecule has 1 aromatic carbocycles. The van der Waals surface area contributed by atoms with E-state index in [1.54, 1.807) is 30.0 Å². The van der Waals surface area contributed by atoms with Crippen molar-refractivity contribution in [1.29, 1.82) is 0 Å². The molecule has 0 saturated carbocycles. The number of anilines is 2. The van der Waals surface area contributed by atoms with Crippen molar-refractivity contribution in [3.05, 3.63) is 29.3 Å². The summed E-state index contributed by atoms with van der Waals surface area (Å²) in [7, 11) is 0. The standard InChI is InChI=1S/C15H19N3OS2/c1-10-6-7-13(9-11(10)2)16-14-17-18-15(21-14)20-8-4-5-12(3)19/h6-7,9H,4-5,8H2,1-3H3,(H,16,17). The molecular weight excluding hydrogens is 302 g/mol. The molecule has 6 heteroatoms. The van der Waals surface area contributed by atoms with Gasteiger partial charge in [-0.15, -0.1) is 10.2 Å². The van der Waals surface area contributed by atoms with E-state index in [1.807, 2.05) is 6.07 Å². The lowest BCUT2D eigenvalue weighted by Crippen LogP contribution is -1.91. The van der Waals surface area contributed by atoms with Gasteiger partial charge in [0.2, 0.25) is 5.13 Å². The smallest absolute Gasteiger partial charge is 0.210 e. The lowest BCUT2D eigenvalue weighted by Gasteiger charge is -2.05. The molecule has 0 saturated heterocycles. The molecule has 0 bridgehead atoms. The van der Waals surface area contributed by atoms with E-state index in [4.69, 9.17) is 0 Å². The van der Waals surface area contributed by atoms with Gasteiger partial charge in [0.1, 0.15) is 5.78 Å². The number of hydrogen-bond donors (Lipinski definition) is 1. The molecule has 0 amide bonds. The fourth-order valence-electron chi connectivity index (χ4n) is 1.74. The van der Waals surface area contributed by atoms with Crippen LogP contribution in [-0.2, 0) is 4.79 Å². The van der Waals surface area contributed by atoms with Gasteiger partial charge in [0.15, 0.2) is 4.34 Å². The van der Waals surface area contributed by atoms with Crippen LogP contribution in [0.15, 0.2) is 22.5 Å². The summed E-state index contributed by atoms with van der Waals surface area (Å²) in [6.07, 6.45) is 1.53. The van der Waals surface area contributed by atoms with Crippen LogP contribution in [0.1, 0.15) is 30.9 Å². The summed E-state index contributed by atoms with van der Waals surface area (Å²) < 4.78 is 0.935. The molecule has 4 nitrogen and oxygen atoms in total. The fourth-order valence-corrected chi connectivity index (χ4v) is 3.52. The Bertz CT molecular complexity index is 625. The van der Waals surface area contributed by atoms with Crippen LogP contribution < -0.4 is 5.32 Å². The van der Waals surface area contributed by atoms with Gasteiger partial charge in [-0.1, -0.05) is 29.2 Å². The molecule has 1 N–H and O–H groups in total. The van der Waals surface area contributed by atoms with Crippen molar-refractivity contribution < 1.29 is 4.79 Å². The lowest BCUT2D eigenvalue weighted by atomic mass is 10.1. The number of hydrogen-bond acceptors (Lipinski definition) is 6. The zero-order valence-corrected chi connectivity index (χ0v) is 14.1. The summed E-state index contributed by atoms with van der Waals surface area (Å²) in [6.45, 7) is 5.82. The Balaban J connectivity index is 1.87. The van der Waals surface area contributed by atoms with Crippen molar-refractivity contribution in [3.63, 3.8) is 0 Å². The molecule has 0 fully saturated rings. The topological polar surface area (TPSA) is 54.9 Å². The summed E-state index contributed by atoms with van der Waals surface area (Å²) in [5, 5.41) is 12.4. The minimum absolute atomic E-state index is 0.241. The number of carbonyl (C=O) groups excluding carboxylic acids is 1. The second kappa shape index (κ2) is 7.56. The van der Waals surface area contributed by atoms with Crippen LogP contribution in [0.4, 0.5) is 10.8 Å². The third-order valence-corrected chi connectivity index (χ3v) is 5.12. The Morgan fingerprint density at radius 3 is 2.81 bits per heavy atom. The van der Waals surface area contributed by atoms with E-state index in [9.17, 15) is 4.79 Å². The molecule has 0 unspecified atom stereocenters. The van der Waals surface area contributed by atoms with Crippen molar-refractivity contribution >= 4 is 39.7 Å². The zero-order valence-electron chi connectivity index (χ0n) is 12.5. The molecule has 21 heavy (non-hydrogen) atoms. The van der Waals surface area contributed by atoms with E-state index in [-0.39, 0.29) is 5.78 Å². The molecule has 0 aliphatic carbocycles. The number of aryl methyl sites for hydroxylation is 2. The molecule has 2 rings (SSSR count). The van der Waals surface area contributed by atoms with Crippen molar-refractivity contribution in [2.24, 2.45) is 0 Å². The van der Waals surface area contributed by atoms with Crippen molar-refractivity contribution in [1.82, 2.24) is 10.2 Å². The second-order valence-corrected chi connectivity index (χ2v) is 7.27. The number of carbonyl (C=O) groups is 1. The third-order valence-electron chi connectivity index (χ3n) is 3.06. The number of Topliss-reactive ketones (excluding diaryl/α,β-unsaturated/α-hetero) is 1.